The second-order valence-corrected chi connectivity index (χ2v) is 7.00. The number of anilines is 1. The first kappa shape index (κ1) is 20.0. The summed E-state index contributed by atoms with van der Waals surface area (Å²) < 4.78 is 10.3. The molecule has 8 heteroatoms. The second kappa shape index (κ2) is 8.95. The number of hydrogen-bond acceptors (Lipinski definition) is 6. The molecule has 0 spiro atoms. The van der Waals surface area contributed by atoms with E-state index in [2.05, 4.69) is 0 Å². The standard InChI is InChI=1S/C20H16ClNO5S/c1-2-26-18(23)12-27-16-10-6-3-7-13(16)11-17-19(24)22(20(25)28-17)15-9-5-4-8-14(15)21/h3-11H,2,12H2,1H3/b17-11-. The maximum absolute atomic E-state index is 12.8. The van der Waals surface area contributed by atoms with Crippen molar-refractivity contribution in [1.29, 1.82) is 0 Å². The molecule has 2 aromatic rings. The molecule has 1 aliphatic rings. The predicted molar refractivity (Wildman–Crippen MR) is 108 cm³/mol. The predicted octanol–water partition coefficient (Wildman–Crippen LogP) is 4.52. The molecule has 144 valence electrons. The zero-order chi connectivity index (χ0) is 20.1. The Balaban J connectivity index is 1.85. The van der Waals surface area contributed by atoms with Crippen molar-refractivity contribution in [2.75, 3.05) is 18.1 Å². The lowest BCUT2D eigenvalue weighted by atomic mass is 10.2. The first-order valence-electron chi connectivity index (χ1n) is 8.41. The molecule has 0 unspecified atom stereocenters. The van der Waals surface area contributed by atoms with Crippen molar-refractivity contribution in [3.8, 4) is 5.75 Å². The van der Waals surface area contributed by atoms with Gasteiger partial charge in [0.15, 0.2) is 6.61 Å². The summed E-state index contributed by atoms with van der Waals surface area (Å²) in [7, 11) is 0. The third kappa shape index (κ3) is 4.37. The van der Waals surface area contributed by atoms with Gasteiger partial charge in [-0.25, -0.2) is 9.69 Å². The molecule has 1 aliphatic heterocycles. The maximum atomic E-state index is 12.8. The Bertz CT molecular complexity index is 959. The molecule has 28 heavy (non-hydrogen) atoms. The molecule has 6 nitrogen and oxygen atoms in total. The van der Waals surface area contributed by atoms with Gasteiger partial charge in [0.25, 0.3) is 11.1 Å². The summed E-state index contributed by atoms with van der Waals surface area (Å²) in [5.41, 5.74) is 0.901. The highest BCUT2D eigenvalue weighted by Crippen LogP contribution is 2.39. The molecule has 2 amide bonds. The highest BCUT2D eigenvalue weighted by Gasteiger charge is 2.37. The lowest BCUT2D eigenvalue weighted by molar-refractivity contribution is -0.145. The van der Waals surface area contributed by atoms with Crippen LogP contribution in [0, 0.1) is 0 Å². The van der Waals surface area contributed by atoms with Crippen LogP contribution in [-0.2, 0) is 14.3 Å². The van der Waals surface area contributed by atoms with Crippen molar-refractivity contribution in [2.45, 2.75) is 6.92 Å². The van der Waals surface area contributed by atoms with E-state index in [1.165, 1.54) is 0 Å². The number of thioether (sulfide) groups is 1. The van der Waals surface area contributed by atoms with Crippen LogP contribution in [0.5, 0.6) is 5.75 Å². The van der Waals surface area contributed by atoms with Crippen LogP contribution in [0.2, 0.25) is 5.02 Å². The smallest absolute Gasteiger partial charge is 0.344 e. The number of amides is 2. The summed E-state index contributed by atoms with van der Waals surface area (Å²) in [5, 5.41) is -0.126. The third-order valence-electron chi connectivity index (χ3n) is 3.74. The van der Waals surface area contributed by atoms with Crippen molar-refractivity contribution in [3.63, 3.8) is 0 Å². The van der Waals surface area contributed by atoms with E-state index < -0.39 is 17.1 Å². The van der Waals surface area contributed by atoms with Crippen LogP contribution in [0.15, 0.2) is 53.4 Å². The van der Waals surface area contributed by atoms with Crippen molar-refractivity contribution >= 4 is 52.2 Å². The Morgan fingerprint density at radius 3 is 2.61 bits per heavy atom. The molecule has 0 aliphatic carbocycles. The van der Waals surface area contributed by atoms with E-state index in [-0.39, 0.29) is 18.1 Å². The molecule has 1 heterocycles. The summed E-state index contributed by atoms with van der Waals surface area (Å²) in [5.74, 6) is -0.556. The topological polar surface area (TPSA) is 72.9 Å². The van der Waals surface area contributed by atoms with Crippen molar-refractivity contribution in [1.82, 2.24) is 0 Å². The summed E-state index contributed by atoms with van der Waals surface area (Å²) >= 11 is 6.94. The SMILES string of the molecule is CCOC(=O)COc1ccccc1/C=C1\SC(=O)N(c2ccccc2Cl)C1=O. The molecule has 0 N–H and O–H groups in total. The Morgan fingerprint density at radius 1 is 1.14 bits per heavy atom. The van der Waals surface area contributed by atoms with E-state index in [0.717, 1.165) is 16.7 Å². The number of carbonyl (C=O) groups is 3. The monoisotopic (exact) mass is 417 g/mol. The van der Waals surface area contributed by atoms with Crippen LogP contribution in [0.25, 0.3) is 6.08 Å². The van der Waals surface area contributed by atoms with Gasteiger partial charge in [0.1, 0.15) is 5.75 Å². The first-order chi connectivity index (χ1) is 13.5. The number of carbonyl (C=O) groups excluding carboxylic acids is 3. The fraction of sp³-hybridized carbons (Fsp3) is 0.150. The molecule has 1 saturated heterocycles. The number of para-hydroxylation sites is 2. The quantitative estimate of drug-likeness (QED) is 0.508. The van der Waals surface area contributed by atoms with E-state index in [1.807, 2.05) is 0 Å². The lowest BCUT2D eigenvalue weighted by Gasteiger charge is -2.13. The van der Waals surface area contributed by atoms with E-state index in [4.69, 9.17) is 21.1 Å². The molecule has 0 radical (unpaired) electrons. The van der Waals surface area contributed by atoms with Crippen molar-refractivity contribution in [3.05, 3.63) is 64.0 Å². The van der Waals surface area contributed by atoms with Gasteiger partial charge in [-0.05, 0) is 43.0 Å². The molecular formula is C20H16ClNO5S. The Labute approximate surface area is 171 Å². The fourth-order valence-electron chi connectivity index (χ4n) is 2.52. The minimum atomic E-state index is -0.489. The molecule has 3 rings (SSSR count). The van der Waals surface area contributed by atoms with Gasteiger partial charge in [-0.15, -0.1) is 0 Å². The summed E-state index contributed by atoms with van der Waals surface area (Å²) in [6.45, 7) is 1.72. The van der Waals surface area contributed by atoms with E-state index in [1.54, 1.807) is 61.5 Å². The van der Waals surface area contributed by atoms with Gasteiger partial charge in [-0.1, -0.05) is 41.9 Å². The first-order valence-corrected chi connectivity index (χ1v) is 9.60. The molecule has 0 aromatic heterocycles. The summed E-state index contributed by atoms with van der Waals surface area (Å²) in [4.78, 5) is 38.0. The number of imide groups is 1. The minimum absolute atomic E-state index is 0.233. The Hall–Kier alpha value is -2.77. The fourth-order valence-corrected chi connectivity index (χ4v) is 3.57. The minimum Gasteiger partial charge on any atom is -0.481 e. The van der Waals surface area contributed by atoms with E-state index in [9.17, 15) is 14.4 Å². The average Bonchev–Trinajstić information content (AvgIpc) is 2.95. The van der Waals surface area contributed by atoms with Crippen LogP contribution in [0.3, 0.4) is 0 Å². The van der Waals surface area contributed by atoms with Crippen LogP contribution in [0.1, 0.15) is 12.5 Å². The Morgan fingerprint density at radius 2 is 1.86 bits per heavy atom. The zero-order valence-electron chi connectivity index (χ0n) is 14.9. The zero-order valence-corrected chi connectivity index (χ0v) is 16.5. The summed E-state index contributed by atoms with van der Waals surface area (Å²) in [6.07, 6.45) is 1.56. The van der Waals surface area contributed by atoms with Crippen molar-refractivity contribution < 1.29 is 23.9 Å². The van der Waals surface area contributed by atoms with Crippen LogP contribution < -0.4 is 9.64 Å². The second-order valence-electron chi connectivity index (χ2n) is 5.60. The maximum Gasteiger partial charge on any atom is 0.344 e. The van der Waals surface area contributed by atoms with Crippen LogP contribution in [0.4, 0.5) is 10.5 Å². The van der Waals surface area contributed by atoms with E-state index in [0.29, 0.717) is 22.0 Å². The van der Waals surface area contributed by atoms with Gasteiger partial charge < -0.3 is 9.47 Å². The highest BCUT2D eigenvalue weighted by atomic mass is 35.5. The number of benzene rings is 2. The van der Waals surface area contributed by atoms with Gasteiger partial charge in [0.2, 0.25) is 0 Å². The molecule has 0 bridgehead atoms. The number of nitrogens with zero attached hydrogens (tertiary/aromatic N) is 1. The van der Waals surface area contributed by atoms with Crippen molar-refractivity contribution in [2.24, 2.45) is 0 Å². The molecule has 1 fully saturated rings. The number of halogens is 1. The van der Waals surface area contributed by atoms with Gasteiger partial charge in [-0.2, -0.15) is 0 Å². The number of hydrogen-bond donors (Lipinski definition) is 0. The van der Waals surface area contributed by atoms with E-state index >= 15 is 0 Å². The number of esters is 1. The number of ether oxygens (including phenoxy) is 2. The summed E-state index contributed by atoms with van der Waals surface area (Å²) in [6, 6.07) is 13.5. The molecule has 0 atom stereocenters. The molecule has 0 saturated carbocycles. The lowest BCUT2D eigenvalue weighted by Crippen LogP contribution is -2.27. The largest absolute Gasteiger partial charge is 0.481 e. The normalized spacial score (nSPS) is 15.2. The molecule has 2 aromatic carbocycles. The van der Waals surface area contributed by atoms with Gasteiger partial charge >= 0.3 is 5.97 Å². The highest BCUT2D eigenvalue weighted by molar-refractivity contribution is 8.19. The van der Waals surface area contributed by atoms with Gasteiger partial charge in [0, 0.05) is 5.56 Å². The average molecular weight is 418 g/mol. The van der Waals surface area contributed by atoms with Gasteiger partial charge in [-0.3, -0.25) is 9.59 Å². The number of rotatable bonds is 6. The molecular weight excluding hydrogens is 402 g/mol. The Kier molecular flexibility index (Phi) is 6.38. The van der Waals surface area contributed by atoms with Crippen LogP contribution in [-0.4, -0.2) is 30.3 Å². The third-order valence-corrected chi connectivity index (χ3v) is 4.93. The van der Waals surface area contributed by atoms with Gasteiger partial charge in [0.05, 0.1) is 22.2 Å². The van der Waals surface area contributed by atoms with Crippen LogP contribution >= 0.6 is 23.4 Å².